The zero-order chi connectivity index (χ0) is 18.8. The van der Waals surface area contributed by atoms with Crippen molar-refractivity contribution >= 4 is 27.3 Å². The Balaban J connectivity index is 1.70. The third-order valence-corrected chi connectivity index (χ3v) is 7.04. The molecule has 0 aliphatic heterocycles. The van der Waals surface area contributed by atoms with Crippen LogP contribution < -0.4 is 0 Å². The molecule has 3 heteroatoms. The topological polar surface area (TPSA) is 20.3 Å². The normalized spacial score (nSPS) is 15.2. The Labute approximate surface area is 165 Å². The van der Waals surface area contributed by atoms with Crippen LogP contribution in [0.25, 0.3) is 10.1 Å². The third kappa shape index (κ3) is 3.79. The lowest BCUT2D eigenvalue weighted by Crippen LogP contribution is -2.38. The number of rotatable bonds is 4. The highest BCUT2D eigenvalue weighted by Crippen LogP contribution is 2.35. The number of thiophene rings is 1. The van der Waals surface area contributed by atoms with Gasteiger partial charge >= 0.3 is 0 Å². The smallest absolute Gasteiger partial charge is 0.264 e. The van der Waals surface area contributed by atoms with Crippen molar-refractivity contribution in [2.24, 2.45) is 0 Å². The molecule has 1 amide bonds. The molecule has 1 aromatic heterocycles. The molecule has 0 radical (unpaired) electrons. The Hall–Kier alpha value is -2.13. The van der Waals surface area contributed by atoms with Crippen molar-refractivity contribution in [3.05, 3.63) is 70.1 Å². The number of hydrogen-bond donors (Lipinski definition) is 0. The lowest BCUT2D eigenvalue weighted by atomic mass is 9.94. The van der Waals surface area contributed by atoms with Crippen LogP contribution >= 0.6 is 11.3 Å². The average molecular weight is 378 g/mol. The minimum absolute atomic E-state index is 0.199. The number of hydrogen-bond acceptors (Lipinski definition) is 2. The Morgan fingerprint density at radius 2 is 1.74 bits per heavy atom. The van der Waals surface area contributed by atoms with Gasteiger partial charge < -0.3 is 4.90 Å². The van der Waals surface area contributed by atoms with E-state index in [4.69, 9.17) is 0 Å². The highest BCUT2D eigenvalue weighted by atomic mass is 32.1. The summed E-state index contributed by atoms with van der Waals surface area (Å²) in [5.41, 5.74) is 3.72. The molecule has 140 valence electrons. The molecular weight excluding hydrogens is 350 g/mol. The van der Waals surface area contributed by atoms with E-state index in [0.717, 1.165) is 24.1 Å². The minimum atomic E-state index is 0.199. The number of amides is 1. The molecule has 0 saturated heterocycles. The van der Waals surface area contributed by atoms with E-state index < -0.39 is 0 Å². The minimum Gasteiger partial charge on any atom is -0.338 e. The largest absolute Gasteiger partial charge is 0.338 e. The van der Waals surface area contributed by atoms with Crippen molar-refractivity contribution in [2.45, 2.75) is 51.5 Å². The predicted octanol–water partition coefficient (Wildman–Crippen LogP) is 6.21. The number of fused-ring (bicyclic) bond motifs is 1. The fourth-order valence-electron chi connectivity index (χ4n) is 4.15. The molecule has 1 aliphatic carbocycles. The Bertz CT molecular complexity index is 935. The number of aryl methyl sites for hydroxylation is 1. The van der Waals surface area contributed by atoms with Crippen molar-refractivity contribution in [3.8, 4) is 0 Å². The summed E-state index contributed by atoms with van der Waals surface area (Å²) in [6, 6.07) is 17.5. The SMILES string of the molecule is Cc1ccc(Cc2c(C(=O)N(C)C3CCCCC3)sc3ccccc23)cc1. The molecule has 1 aliphatic rings. The first-order valence-corrected chi connectivity index (χ1v) is 10.8. The summed E-state index contributed by atoms with van der Waals surface area (Å²) in [5, 5.41) is 1.23. The first-order chi connectivity index (χ1) is 13.1. The first-order valence-electron chi connectivity index (χ1n) is 9.96. The number of carbonyl (C=O) groups excluding carboxylic acids is 1. The highest BCUT2D eigenvalue weighted by molar-refractivity contribution is 7.21. The van der Waals surface area contributed by atoms with E-state index in [0.29, 0.717) is 6.04 Å². The van der Waals surface area contributed by atoms with Crippen LogP contribution in [-0.2, 0) is 6.42 Å². The molecule has 4 rings (SSSR count). The summed E-state index contributed by atoms with van der Waals surface area (Å²) in [6.45, 7) is 2.11. The monoisotopic (exact) mass is 377 g/mol. The van der Waals surface area contributed by atoms with Crippen LogP contribution in [0.1, 0.15) is 58.5 Å². The van der Waals surface area contributed by atoms with Gasteiger partial charge in [0.15, 0.2) is 0 Å². The fraction of sp³-hybridized carbons (Fsp3) is 0.375. The van der Waals surface area contributed by atoms with Crippen LogP contribution in [0.4, 0.5) is 0 Å². The van der Waals surface area contributed by atoms with Gasteiger partial charge in [-0.15, -0.1) is 11.3 Å². The standard InChI is InChI=1S/C24H27NOS/c1-17-12-14-18(15-13-17)16-21-20-10-6-7-11-22(20)27-23(21)24(26)25(2)19-8-4-3-5-9-19/h6-7,10-15,19H,3-5,8-9,16H2,1-2H3. The van der Waals surface area contributed by atoms with Crippen molar-refractivity contribution in [2.75, 3.05) is 7.05 Å². The van der Waals surface area contributed by atoms with E-state index in [-0.39, 0.29) is 5.91 Å². The molecule has 3 aromatic rings. The molecule has 0 bridgehead atoms. The van der Waals surface area contributed by atoms with Gasteiger partial charge in [0.1, 0.15) is 0 Å². The van der Waals surface area contributed by atoms with E-state index >= 15 is 0 Å². The van der Waals surface area contributed by atoms with Crippen LogP contribution in [0.5, 0.6) is 0 Å². The molecule has 0 N–H and O–H groups in total. The van der Waals surface area contributed by atoms with Gasteiger partial charge in [-0.05, 0) is 48.8 Å². The zero-order valence-electron chi connectivity index (χ0n) is 16.2. The van der Waals surface area contributed by atoms with Crippen LogP contribution in [0.15, 0.2) is 48.5 Å². The molecule has 27 heavy (non-hydrogen) atoms. The van der Waals surface area contributed by atoms with Crippen LogP contribution in [0.2, 0.25) is 0 Å². The number of carbonyl (C=O) groups is 1. The van der Waals surface area contributed by atoms with Gasteiger partial charge in [-0.2, -0.15) is 0 Å². The highest BCUT2D eigenvalue weighted by Gasteiger charge is 2.27. The lowest BCUT2D eigenvalue weighted by molar-refractivity contribution is 0.0700. The summed E-state index contributed by atoms with van der Waals surface area (Å²) in [4.78, 5) is 16.4. The molecule has 1 fully saturated rings. The molecule has 1 saturated carbocycles. The summed E-state index contributed by atoms with van der Waals surface area (Å²) < 4.78 is 1.21. The number of nitrogens with zero attached hydrogens (tertiary/aromatic N) is 1. The van der Waals surface area contributed by atoms with Crippen LogP contribution in [0.3, 0.4) is 0 Å². The van der Waals surface area contributed by atoms with Gasteiger partial charge in [0.2, 0.25) is 0 Å². The second kappa shape index (κ2) is 7.85. The summed E-state index contributed by atoms with van der Waals surface area (Å²) in [5.74, 6) is 0.199. The summed E-state index contributed by atoms with van der Waals surface area (Å²) in [7, 11) is 2.00. The Kier molecular flexibility index (Phi) is 5.31. The number of benzene rings is 2. The summed E-state index contributed by atoms with van der Waals surface area (Å²) in [6.07, 6.45) is 6.88. The molecule has 2 aromatic carbocycles. The first kappa shape index (κ1) is 18.2. The van der Waals surface area contributed by atoms with E-state index in [9.17, 15) is 4.79 Å². The van der Waals surface area contributed by atoms with Gasteiger partial charge in [-0.25, -0.2) is 0 Å². The molecular formula is C24H27NOS. The van der Waals surface area contributed by atoms with E-state index in [1.54, 1.807) is 11.3 Å². The van der Waals surface area contributed by atoms with E-state index in [2.05, 4.69) is 55.5 Å². The molecule has 0 spiro atoms. The second-order valence-electron chi connectivity index (χ2n) is 7.78. The maximum absolute atomic E-state index is 13.4. The summed E-state index contributed by atoms with van der Waals surface area (Å²) >= 11 is 1.66. The van der Waals surface area contributed by atoms with Crippen LogP contribution in [0, 0.1) is 6.92 Å². The van der Waals surface area contributed by atoms with Crippen molar-refractivity contribution in [1.82, 2.24) is 4.90 Å². The predicted molar refractivity (Wildman–Crippen MR) is 115 cm³/mol. The van der Waals surface area contributed by atoms with Crippen molar-refractivity contribution in [3.63, 3.8) is 0 Å². The maximum Gasteiger partial charge on any atom is 0.264 e. The quantitative estimate of drug-likeness (QED) is 0.530. The second-order valence-corrected chi connectivity index (χ2v) is 8.83. The Morgan fingerprint density at radius 1 is 1.04 bits per heavy atom. The fourth-order valence-corrected chi connectivity index (χ4v) is 5.36. The van der Waals surface area contributed by atoms with Crippen LogP contribution in [-0.4, -0.2) is 23.9 Å². The van der Waals surface area contributed by atoms with Gasteiger partial charge in [0.05, 0.1) is 4.88 Å². The molecule has 0 atom stereocenters. The lowest BCUT2D eigenvalue weighted by Gasteiger charge is -2.31. The average Bonchev–Trinajstić information content (AvgIpc) is 3.08. The molecule has 0 unspecified atom stereocenters. The third-order valence-electron chi connectivity index (χ3n) is 5.84. The van der Waals surface area contributed by atoms with Crippen molar-refractivity contribution < 1.29 is 4.79 Å². The van der Waals surface area contributed by atoms with Gasteiger partial charge in [-0.1, -0.05) is 67.3 Å². The zero-order valence-corrected chi connectivity index (χ0v) is 17.0. The Morgan fingerprint density at radius 3 is 2.48 bits per heavy atom. The van der Waals surface area contributed by atoms with Gasteiger partial charge in [0, 0.05) is 17.8 Å². The molecule has 1 heterocycles. The van der Waals surface area contributed by atoms with Crippen molar-refractivity contribution in [1.29, 1.82) is 0 Å². The molecule has 2 nitrogen and oxygen atoms in total. The van der Waals surface area contributed by atoms with Gasteiger partial charge in [0.25, 0.3) is 5.91 Å². The maximum atomic E-state index is 13.4. The van der Waals surface area contributed by atoms with E-state index in [1.807, 2.05) is 11.9 Å². The van der Waals surface area contributed by atoms with Gasteiger partial charge in [-0.3, -0.25) is 4.79 Å². The van der Waals surface area contributed by atoms with E-state index in [1.165, 1.54) is 46.0 Å².